The Hall–Kier alpha value is 3.29. The Morgan fingerprint density at radius 2 is 0.667 bits per heavy atom. The van der Waals surface area contributed by atoms with Gasteiger partial charge in [0.2, 0.25) is 0 Å². The molecule has 0 fully saturated rings. The molecule has 76 valence electrons. The second-order valence-electron chi connectivity index (χ2n) is 0.816. The minimum absolute atomic E-state index is 0. The van der Waals surface area contributed by atoms with E-state index in [4.69, 9.17) is 28.6 Å². The van der Waals surface area contributed by atoms with Crippen molar-refractivity contribution in [2.45, 2.75) is 0 Å². The minimum atomic E-state index is -6.17. The second-order valence-corrected chi connectivity index (χ2v) is 6.68. The van der Waals surface area contributed by atoms with Crippen LogP contribution in [-0.4, -0.2) is 0 Å². The van der Waals surface area contributed by atoms with Gasteiger partial charge < -0.3 is 0 Å². The summed E-state index contributed by atoms with van der Waals surface area (Å²) in [5.74, 6) is 0. The molecule has 0 N–H and O–H groups in total. The molecule has 0 aliphatic rings. The molecule has 0 unspecified atom stereocenters. The average Bonchev–Trinajstić information content (AvgIpc) is 1.12. The van der Waals surface area contributed by atoms with Crippen LogP contribution in [-0.2, 0) is 47.1 Å². The summed E-state index contributed by atoms with van der Waals surface area (Å²) in [7, 11) is 0. The van der Waals surface area contributed by atoms with E-state index in [-0.39, 0.29) is 88.3 Å². The Morgan fingerprint density at radius 1 is 0.667 bits per heavy atom. The van der Waals surface area contributed by atoms with Crippen molar-refractivity contribution in [3.05, 3.63) is 0 Å². The molecule has 0 aliphatic carbocycles. The van der Waals surface area contributed by atoms with Gasteiger partial charge in [-0.3, -0.25) is 0 Å². The molecule has 0 bridgehead atoms. The monoisotopic (exact) mass is 710 g/mol. The van der Waals surface area contributed by atoms with Gasteiger partial charge >= 0.3 is 150 Å². The van der Waals surface area contributed by atoms with Crippen LogP contribution in [0.15, 0.2) is 0 Å². The van der Waals surface area contributed by atoms with Gasteiger partial charge in [0, 0.05) is 0 Å². The molecule has 0 aliphatic heterocycles. The van der Waals surface area contributed by atoms with Gasteiger partial charge in [0.15, 0.2) is 0 Å². The maximum absolute atomic E-state index is 8.65. The summed E-state index contributed by atoms with van der Waals surface area (Å²) in [6.45, 7) is 0. The molecule has 0 radical (unpaired) electrons. The van der Waals surface area contributed by atoms with Crippen LogP contribution in [0.2, 0.25) is 0 Å². The van der Waals surface area contributed by atoms with Gasteiger partial charge in [0.1, 0.15) is 0 Å². The Labute approximate surface area is 146 Å². The summed E-state index contributed by atoms with van der Waals surface area (Å²) >= 11 is -12.3. The number of hydrogen-bond acceptors (Lipinski definition) is 8. The molecule has 12 heteroatoms. The predicted molar refractivity (Wildman–Crippen MR) is 2.75 cm³/mol. The third-order valence-electron chi connectivity index (χ3n) is 0. The standard InChI is InChI=1S/K.Lu.8O.2W/q+1;+3;;;;;4*-1;;. The molecule has 0 aromatic rings. The van der Waals surface area contributed by atoms with Crippen molar-refractivity contribution in [2.75, 3.05) is 0 Å². The average molecular weight is 710 g/mol. The van der Waals surface area contributed by atoms with E-state index >= 15 is 0 Å². The molecular weight excluding hydrogens is 710 g/mol. The van der Waals surface area contributed by atoms with Crippen molar-refractivity contribution >= 4 is 0 Å². The van der Waals surface area contributed by atoms with Gasteiger partial charge in [0.05, 0.1) is 0 Å². The number of rotatable bonds is 0. The Morgan fingerprint density at radius 3 is 0.667 bits per heavy atom. The summed E-state index contributed by atoms with van der Waals surface area (Å²) in [4.78, 5) is 0. The molecule has 0 atom stereocenters. The molecule has 0 saturated carbocycles. The van der Waals surface area contributed by atoms with Gasteiger partial charge in [0.25, 0.3) is 0 Å². The number of hydrogen-bond donors (Lipinski definition) is 0. The molecule has 0 aromatic carbocycles. The Bertz CT molecular complexity index is 213. The second kappa shape index (κ2) is 10.8. The van der Waals surface area contributed by atoms with Crippen molar-refractivity contribution in [1.82, 2.24) is 0 Å². The first-order valence-electron chi connectivity index (χ1n) is 1.33. The van der Waals surface area contributed by atoms with E-state index < -0.39 is 33.5 Å². The van der Waals surface area contributed by atoms with Crippen LogP contribution < -0.4 is 66.4 Å². The van der Waals surface area contributed by atoms with Crippen LogP contribution in [0.5, 0.6) is 0 Å². The van der Waals surface area contributed by atoms with Gasteiger partial charge in [-0.25, -0.2) is 0 Å². The first-order valence-corrected chi connectivity index (χ1v) is 10.9. The third kappa shape index (κ3) is 186. The van der Waals surface area contributed by atoms with Crippen LogP contribution in [0.1, 0.15) is 0 Å². The summed E-state index contributed by atoms with van der Waals surface area (Å²) in [6.07, 6.45) is 0. The van der Waals surface area contributed by atoms with Crippen LogP contribution in [0.25, 0.3) is 0 Å². The first kappa shape index (κ1) is 24.5. The molecule has 0 spiro atoms. The van der Waals surface area contributed by atoms with Crippen LogP contribution >= 0.6 is 0 Å². The fraction of sp³-hybridized carbons (Fsp3) is 0. The fourth-order valence-corrected chi connectivity index (χ4v) is 0. The van der Waals surface area contributed by atoms with Crippen molar-refractivity contribution in [1.29, 1.82) is 0 Å². The molecule has 12 heavy (non-hydrogen) atoms. The summed E-state index contributed by atoms with van der Waals surface area (Å²) in [6, 6.07) is 0. The quantitative estimate of drug-likeness (QED) is 0.224. The van der Waals surface area contributed by atoms with E-state index in [9.17, 15) is 0 Å². The van der Waals surface area contributed by atoms with Gasteiger partial charge in [-0.05, 0) is 0 Å². The summed E-state index contributed by atoms with van der Waals surface area (Å²) in [5.41, 5.74) is 0. The van der Waals surface area contributed by atoms with Crippen molar-refractivity contribution < 1.29 is 150 Å². The molecule has 0 saturated heterocycles. The molecule has 8 nitrogen and oxygen atoms in total. The topological polar surface area (TPSA) is 161 Å². The summed E-state index contributed by atoms with van der Waals surface area (Å²) in [5, 5.41) is 0. The van der Waals surface area contributed by atoms with E-state index in [0.717, 1.165) is 0 Å². The van der Waals surface area contributed by atoms with E-state index in [1.165, 1.54) is 0 Å². The fourth-order valence-electron chi connectivity index (χ4n) is 0. The first-order chi connectivity index (χ1) is 4.00. The molecule has 0 rings (SSSR count). The van der Waals surface area contributed by atoms with Crippen molar-refractivity contribution in [2.24, 2.45) is 0 Å². The van der Waals surface area contributed by atoms with Crippen LogP contribution in [0.4, 0.5) is 0 Å². The normalized spacial score (nSPS) is 9.67. The zero-order valence-corrected chi connectivity index (χ0v) is 16.0. The van der Waals surface area contributed by atoms with Crippen LogP contribution in [0, 0.1) is 36.9 Å². The molecule has 0 aromatic heterocycles. The SMILES string of the molecule is [K+].[Lu+3].[O]=[W](=[O])([O-])[O-].[O]=[W](=[O])([O-])[O-]. The Kier molecular flexibility index (Phi) is 22.0. The van der Waals surface area contributed by atoms with Crippen molar-refractivity contribution in [3.63, 3.8) is 0 Å². The molecular formula is KLuO8W2. The molecule has 0 amide bonds. The third-order valence-corrected chi connectivity index (χ3v) is 0. The van der Waals surface area contributed by atoms with Gasteiger partial charge in [-0.2, -0.15) is 0 Å². The van der Waals surface area contributed by atoms with Crippen LogP contribution in [0.3, 0.4) is 0 Å². The zero-order chi connectivity index (χ0) is 9.00. The van der Waals surface area contributed by atoms with E-state index in [0.29, 0.717) is 0 Å². The maximum atomic E-state index is 8.65. The van der Waals surface area contributed by atoms with E-state index in [2.05, 4.69) is 0 Å². The zero-order valence-electron chi connectivity index (χ0n) is 5.34. The molecule has 0 heterocycles. The van der Waals surface area contributed by atoms with E-state index in [1.54, 1.807) is 0 Å². The van der Waals surface area contributed by atoms with Gasteiger partial charge in [-0.1, -0.05) is 0 Å². The Balaban J connectivity index is -0.0000000457. The van der Waals surface area contributed by atoms with Gasteiger partial charge in [-0.15, -0.1) is 0 Å². The predicted octanol–water partition coefficient (Wildman–Crippen LogP) is -8.23. The van der Waals surface area contributed by atoms with Crippen molar-refractivity contribution in [3.8, 4) is 0 Å². The summed E-state index contributed by atoms with van der Waals surface area (Å²) < 4.78 is 69.2. The van der Waals surface area contributed by atoms with E-state index in [1.807, 2.05) is 0 Å².